The minimum Gasteiger partial charge on any atom is -0.468 e. The normalized spacial score (nSPS) is 34.0. The molecule has 1 saturated carbocycles. The summed E-state index contributed by atoms with van der Waals surface area (Å²) in [6.07, 6.45) is 3.00. The molecule has 0 aliphatic heterocycles. The number of aliphatic hydroxyl groups excluding tert-OH is 1. The van der Waals surface area contributed by atoms with Gasteiger partial charge in [0.1, 0.15) is 0 Å². The van der Waals surface area contributed by atoms with E-state index in [0.717, 1.165) is 19.3 Å². The fourth-order valence-corrected chi connectivity index (χ4v) is 1.18. The maximum absolute atomic E-state index is 9.09. The van der Waals surface area contributed by atoms with Gasteiger partial charge in [-0.2, -0.15) is 0 Å². The Kier molecular flexibility index (Phi) is 6.14. The van der Waals surface area contributed by atoms with E-state index < -0.39 is 0 Å². The van der Waals surface area contributed by atoms with Gasteiger partial charge in [-0.05, 0) is 19.3 Å². The topological polar surface area (TPSA) is 32.3 Å². The zero-order valence-corrected chi connectivity index (χ0v) is 9.05. The van der Waals surface area contributed by atoms with Gasteiger partial charge in [0.25, 0.3) is 0 Å². The van der Waals surface area contributed by atoms with Crippen molar-refractivity contribution in [1.82, 2.24) is 5.32 Å². The van der Waals surface area contributed by atoms with Gasteiger partial charge < -0.3 is 10.4 Å². The monoisotopic (exact) mass is 153 g/mol. The van der Waals surface area contributed by atoms with Crippen LogP contribution in [0.15, 0.2) is 0 Å². The molecule has 1 aliphatic carbocycles. The van der Waals surface area contributed by atoms with Gasteiger partial charge >= 0.3 is 51.4 Å². The standard InChI is InChI=1S/C6H12NO.K/c1-7-5-3-2-4-6(5)8;/h5-8H,1-4H2;/q-1;+1. The molecule has 0 heterocycles. The Labute approximate surface area is 98.8 Å². The van der Waals surface area contributed by atoms with Gasteiger partial charge in [-0.25, -0.2) is 0 Å². The Balaban J connectivity index is 0.000000640. The molecule has 0 aromatic rings. The van der Waals surface area contributed by atoms with Crippen LogP contribution in [0.5, 0.6) is 0 Å². The van der Waals surface area contributed by atoms with Crippen LogP contribution in [0, 0.1) is 7.05 Å². The summed E-state index contributed by atoms with van der Waals surface area (Å²) in [5, 5.41) is 11.9. The Morgan fingerprint density at radius 3 is 2.33 bits per heavy atom. The molecule has 3 heteroatoms. The van der Waals surface area contributed by atoms with Crippen LogP contribution in [0.2, 0.25) is 0 Å². The van der Waals surface area contributed by atoms with Gasteiger partial charge in [0.2, 0.25) is 0 Å². The molecule has 48 valence electrons. The SMILES string of the molecule is [CH2-]NC1CCCC1O.[K+]. The van der Waals surface area contributed by atoms with E-state index in [0.29, 0.717) is 0 Å². The van der Waals surface area contributed by atoms with Crippen molar-refractivity contribution < 1.29 is 56.5 Å². The predicted molar refractivity (Wildman–Crippen MR) is 32.1 cm³/mol. The van der Waals surface area contributed by atoms with E-state index in [9.17, 15) is 0 Å². The Morgan fingerprint density at radius 2 is 2.11 bits per heavy atom. The molecular weight excluding hydrogens is 141 g/mol. The summed E-state index contributed by atoms with van der Waals surface area (Å²) in [5.74, 6) is 0. The maximum Gasteiger partial charge on any atom is 1.00 e. The molecule has 1 fully saturated rings. The summed E-state index contributed by atoms with van der Waals surface area (Å²) in [6, 6.07) is 0.259. The van der Waals surface area contributed by atoms with Gasteiger partial charge in [-0.3, -0.25) is 7.05 Å². The van der Waals surface area contributed by atoms with E-state index in [2.05, 4.69) is 12.4 Å². The molecule has 9 heavy (non-hydrogen) atoms. The first-order chi connectivity index (χ1) is 3.84. The van der Waals surface area contributed by atoms with E-state index in [1.54, 1.807) is 0 Å². The van der Waals surface area contributed by atoms with Crippen LogP contribution in [-0.2, 0) is 0 Å². The van der Waals surface area contributed by atoms with Crippen molar-refractivity contribution in [1.29, 1.82) is 0 Å². The van der Waals surface area contributed by atoms with Crippen LogP contribution in [0.4, 0.5) is 0 Å². The average molecular weight is 153 g/mol. The molecule has 1 aliphatic rings. The third kappa shape index (κ3) is 2.97. The zero-order valence-electron chi connectivity index (χ0n) is 5.93. The van der Waals surface area contributed by atoms with Gasteiger partial charge in [-0.1, -0.05) is 0 Å². The summed E-state index contributed by atoms with van der Waals surface area (Å²) in [5.41, 5.74) is 0. The average Bonchev–Trinajstić information content (AvgIpc) is 2.14. The van der Waals surface area contributed by atoms with E-state index in [4.69, 9.17) is 5.11 Å². The summed E-state index contributed by atoms with van der Waals surface area (Å²) < 4.78 is 0. The molecule has 2 N–H and O–H groups in total. The molecule has 0 bridgehead atoms. The number of hydrogen-bond acceptors (Lipinski definition) is 2. The number of nitrogens with one attached hydrogen (secondary N) is 1. The summed E-state index contributed by atoms with van der Waals surface area (Å²) in [6.45, 7) is 0. The molecule has 2 unspecified atom stereocenters. The molecular formula is C6H12KNO. The van der Waals surface area contributed by atoms with Crippen LogP contribution in [0.25, 0.3) is 0 Å². The van der Waals surface area contributed by atoms with Crippen molar-refractivity contribution >= 4 is 0 Å². The van der Waals surface area contributed by atoms with Crippen LogP contribution >= 0.6 is 0 Å². The van der Waals surface area contributed by atoms with Crippen molar-refractivity contribution in [2.45, 2.75) is 31.4 Å². The zero-order chi connectivity index (χ0) is 5.98. The van der Waals surface area contributed by atoms with Gasteiger partial charge in [0, 0.05) is 6.04 Å². The van der Waals surface area contributed by atoms with Crippen LogP contribution < -0.4 is 56.7 Å². The van der Waals surface area contributed by atoms with E-state index in [1.807, 2.05) is 0 Å². The van der Waals surface area contributed by atoms with E-state index >= 15 is 0 Å². The molecule has 0 aromatic carbocycles. The van der Waals surface area contributed by atoms with E-state index in [-0.39, 0.29) is 63.5 Å². The fraction of sp³-hybridized carbons (Fsp3) is 0.833. The molecule has 0 aromatic heterocycles. The molecule has 2 atom stereocenters. The first-order valence-electron chi connectivity index (χ1n) is 3.05. The molecule has 2 nitrogen and oxygen atoms in total. The summed E-state index contributed by atoms with van der Waals surface area (Å²) >= 11 is 0. The number of hydrogen-bond donors (Lipinski definition) is 2. The second-order valence-electron chi connectivity index (χ2n) is 2.31. The Morgan fingerprint density at radius 1 is 1.44 bits per heavy atom. The Hall–Kier alpha value is 1.56. The van der Waals surface area contributed by atoms with Crippen LogP contribution in [0.1, 0.15) is 19.3 Å². The van der Waals surface area contributed by atoms with Gasteiger partial charge in [-0.15, -0.1) is 0 Å². The Bertz CT molecular complexity index is 79.5. The second kappa shape index (κ2) is 5.24. The quantitative estimate of drug-likeness (QED) is 0.317. The molecule has 1 rings (SSSR count). The third-order valence-electron chi connectivity index (χ3n) is 1.74. The third-order valence-corrected chi connectivity index (χ3v) is 1.74. The first kappa shape index (κ1) is 10.6. The summed E-state index contributed by atoms with van der Waals surface area (Å²) in [4.78, 5) is 0. The van der Waals surface area contributed by atoms with Crippen LogP contribution in [0.3, 0.4) is 0 Å². The molecule has 0 amide bonds. The number of rotatable bonds is 1. The number of aliphatic hydroxyl groups is 1. The van der Waals surface area contributed by atoms with Crippen LogP contribution in [-0.4, -0.2) is 17.3 Å². The fourth-order valence-electron chi connectivity index (χ4n) is 1.18. The van der Waals surface area contributed by atoms with Crippen molar-refractivity contribution in [2.75, 3.05) is 0 Å². The largest absolute Gasteiger partial charge is 1.00 e. The van der Waals surface area contributed by atoms with Crippen molar-refractivity contribution in [3.05, 3.63) is 7.05 Å². The van der Waals surface area contributed by atoms with Gasteiger partial charge in [0.15, 0.2) is 0 Å². The minimum atomic E-state index is -0.146. The van der Waals surface area contributed by atoms with Crippen molar-refractivity contribution in [2.24, 2.45) is 0 Å². The smallest absolute Gasteiger partial charge is 0.468 e. The van der Waals surface area contributed by atoms with Gasteiger partial charge in [0.05, 0.1) is 6.10 Å². The maximum atomic E-state index is 9.09. The van der Waals surface area contributed by atoms with Crippen molar-refractivity contribution in [3.8, 4) is 0 Å². The predicted octanol–water partition coefficient (Wildman–Crippen LogP) is -2.72. The minimum absolute atomic E-state index is 0. The summed E-state index contributed by atoms with van der Waals surface area (Å²) in [7, 11) is 3.51. The first-order valence-corrected chi connectivity index (χ1v) is 3.05. The van der Waals surface area contributed by atoms with Crippen molar-refractivity contribution in [3.63, 3.8) is 0 Å². The second-order valence-corrected chi connectivity index (χ2v) is 2.31. The van der Waals surface area contributed by atoms with E-state index in [1.165, 1.54) is 0 Å². The molecule has 0 spiro atoms. The molecule has 0 radical (unpaired) electrons. The molecule has 0 saturated heterocycles.